The van der Waals surface area contributed by atoms with Crippen molar-refractivity contribution < 1.29 is 23.1 Å². The van der Waals surface area contributed by atoms with Gasteiger partial charge in [0.25, 0.3) is 0 Å². The molecule has 0 amide bonds. The van der Waals surface area contributed by atoms with Gasteiger partial charge in [-0.1, -0.05) is 6.07 Å². The maximum atomic E-state index is 13.7. The minimum Gasteiger partial charge on any atom is -0.478 e. The van der Waals surface area contributed by atoms with Gasteiger partial charge >= 0.3 is 5.97 Å². The lowest BCUT2D eigenvalue weighted by Gasteiger charge is -2.09. The normalized spacial score (nSPS) is 10.5. The minimum atomic E-state index is -1.16. The Morgan fingerprint density at radius 1 is 1.37 bits per heavy atom. The smallest absolute Gasteiger partial charge is 0.339 e. The van der Waals surface area contributed by atoms with Crippen LogP contribution in [-0.4, -0.2) is 11.1 Å². The minimum absolute atomic E-state index is 0.0408. The molecule has 2 aromatic rings. The van der Waals surface area contributed by atoms with E-state index in [1.807, 2.05) is 0 Å². The first-order valence-electron chi connectivity index (χ1n) is 5.49. The molecule has 0 aliphatic rings. The quantitative estimate of drug-likeness (QED) is 0.893. The van der Waals surface area contributed by atoms with Crippen LogP contribution in [0.5, 0.6) is 0 Å². The highest BCUT2D eigenvalue weighted by molar-refractivity contribution is 5.88. The Morgan fingerprint density at radius 2 is 2.11 bits per heavy atom. The van der Waals surface area contributed by atoms with E-state index < -0.39 is 17.6 Å². The average molecular weight is 267 g/mol. The highest BCUT2D eigenvalue weighted by Crippen LogP contribution is 2.23. The second kappa shape index (κ2) is 5.09. The summed E-state index contributed by atoms with van der Waals surface area (Å²) in [5.74, 6) is -2.50. The molecule has 1 aromatic carbocycles. The van der Waals surface area contributed by atoms with Crippen LogP contribution in [-0.2, 0) is 6.54 Å². The van der Waals surface area contributed by atoms with E-state index >= 15 is 0 Å². The van der Waals surface area contributed by atoms with Gasteiger partial charge in [0.2, 0.25) is 0 Å². The summed E-state index contributed by atoms with van der Waals surface area (Å²) in [5.41, 5.74) is -0.0458. The van der Waals surface area contributed by atoms with Crippen molar-refractivity contribution in [2.24, 2.45) is 0 Å². The van der Waals surface area contributed by atoms with Gasteiger partial charge in [-0.2, -0.15) is 0 Å². The Bertz CT molecular complexity index is 622. The fraction of sp³-hybridized carbons (Fsp3) is 0.154. The van der Waals surface area contributed by atoms with Crippen molar-refractivity contribution in [1.82, 2.24) is 0 Å². The van der Waals surface area contributed by atoms with Crippen LogP contribution in [0, 0.1) is 18.6 Å². The fourth-order valence-corrected chi connectivity index (χ4v) is 1.66. The summed E-state index contributed by atoms with van der Waals surface area (Å²) in [7, 11) is 0. The molecule has 0 saturated carbocycles. The molecule has 0 atom stereocenters. The molecule has 4 nitrogen and oxygen atoms in total. The number of hydrogen-bond donors (Lipinski definition) is 2. The zero-order chi connectivity index (χ0) is 14.0. The van der Waals surface area contributed by atoms with Crippen LogP contribution in [0.2, 0.25) is 0 Å². The largest absolute Gasteiger partial charge is 0.478 e. The molecule has 0 radical (unpaired) electrons. The number of aryl methyl sites for hydroxylation is 1. The number of carboxylic acids is 1. The van der Waals surface area contributed by atoms with Gasteiger partial charge in [0.05, 0.1) is 12.8 Å². The number of carboxylic acid groups (broad SMARTS) is 1. The molecule has 0 spiro atoms. The fourth-order valence-electron chi connectivity index (χ4n) is 1.66. The van der Waals surface area contributed by atoms with Crippen molar-refractivity contribution in [3.63, 3.8) is 0 Å². The lowest BCUT2D eigenvalue weighted by atomic mass is 10.2. The predicted molar refractivity (Wildman–Crippen MR) is 64.1 cm³/mol. The lowest BCUT2D eigenvalue weighted by molar-refractivity contribution is 0.0694. The van der Waals surface area contributed by atoms with Crippen LogP contribution in [0.25, 0.3) is 0 Å². The predicted octanol–water partition coefficient (Wildman–Crippen LogP) is 3.18. The van der Waals surface area contributed by atoms with E-state index in [9.17, 15) is 13.6 Å². The van der Waals surface area contributed by atoms with Crippen LogP contribution in [0.3, 0.4) is 0 Å². The molecule has 0 fully saturated rings. The standard InChI is InChI=1S/C13H11F2NO3/c1-7-2-3-9(14)12(11(7)15)16-6-10-8(13(17)18)4-5-19-10/h2-5,16H,6H2,1H3,(H,17,18). The van der Waals surface area contributed by atoms with E-state index in [2.05, 4.69) is 5.32 Å². The first kappa shape index (κ1) is 13.1. The molecule has 2 rings (SSSR count). The number of benzene rings is 1. The molecule has 0 saturated heterocycles. The van der Waals surface area contributed by atoms with Gasteiger partial charge in [-0.3, -0.25) is 0 Å². The lowest BCUT2D eigenvalue weighted by Crippen LogP contribution is -2.07. The monoisotopic (exact) mass is 267 g/mol. The number of carbonyl (C=O) groups is 1. The van der Waals surface area contributed by atoms with Crippen molar-refractivity contribution in [2.75, 3.05) is 5.32 Å². The molecule has 0 aliphatic heterocycles. The van der Waals surface area contributed by atoms with Gasteiger partial charge in [0, 0.05) is 0 Å². The van der Waals surface area contributed by atoms with Crippen LogP contribution in [0.4, 0.5) is 14.5 Å². The Hall–Kier alpha value is -2.37. The molecule has 1 heterocycles. The van der Waals surface area contributed by atoms with Crippen molar-refractivity contribution in [1.29, 1.82) is 0 Å². The Balaban J connectivity index is 2.22. The molecule has 0 unspecified atom stereocenters. The van der Waals surface area contributed by atoms with Gasteiger partial charge in [-0.15, -0.1) is 0 Å². The van der Waals surface area contributed by atoms with Gasteiger partial charge in [-0.25, -0.2) is 13.6 Å². The summed E-state index contributed by atoms with van der Waals surface area (Å²) in [6.07, 6.45) is 1.21. The summed E-state index contributed by atoms with van der Waals surface area (Å²) in [6, 6.07) is 3.74. The molecular formula is C13H11F2NO3. The van der Waals surface area contributed by atoms with E-state index in [4.69, 9.17) is 9.52 Å². The highest BCUT2D eigenvalue weighted by Gasteiger charge is 2.16. The number of nitrogens with one attached hydrogen (secondary N) is 1. The Morgan fingerprint density at radius 3 is 2.79 bits per heavy atom. The molecule has 0 bridgehead atoms. The van der Waals surface area contributed by atoms with Gasteiger partial charge < -0.3 is 14.8 Å². The van der Waals surface area contributed by atoms with E-state index in [0.29, 0.717) is 5.56 Å². The summed E-state index contributed by atoms with van der Waals surface area (Å²) < 4.78 is 32.1. The summed E-state index contributed by atoms with van der Waals surface area (Å²) in [6.45, 7) is 1.39. The van der Waals surface area contributed by atoms with E-state index in [1.54, 1.807) is 0 Å². The first-order chi connectivity index (χ1) is 9.00. The topological polar surface area (TPSA) is 62.5 Å². The van der Waals surface area contributed by atoms with Gasteiger partial charge in [0.1, 0.15) is 22.8 Å². The zero-order valence-corrected chi connectivity index (χ0v) is 10.0. The molecular weight excluding hydrogens is 256 g/mol. The molecule has 1 aromatic heterocycles. The summed E-state index contributed by atoms with van der Waals surface area (Å²) >= 11 is 0. The molecule has 6 heteroatoms. The molecule has 19 heavy (non-hydrogen) atoms. The van der Waals surface area contributed by atoms with Crippen molar-refractivity contribution in [2.45, 2.75) is 13.5 Å². The number of halogens is 2. The van der Waals surface area contributed by atoms with Crippen LogP contribution < -0.4 is 5.32 Å². The Kier molecular flexibility index (Phi) is 3.50. The SMILES string of the molecule is Cc1ccc(F)c(NCc2occc2C(=O)O)c1F. The number of rotatable bonds is 4. The molecule has 0 aliphatic carbocycles. The van der Waals surface area contributed by atoms with Crippen molar-refractivity contribution in [3.05, 3.63) is 53.0 Å². The number of furan rings is 1. The third kappa shape index (κ3) is 2.57. The zero-order valence-electron chi connectivity index (χ0n) is 10.0. The first-order valence-corrected chi connectivity index (χ1v) is 5.49. The second-order valence-corrected chi connectivity index (χ2v) is 3.97. The third-order valence-corrected chi connectivity index (χ3v) is 2.69. The maximum absolute atomic E-state index is 13.7. The number of hydrogen-bond acceptors (Lipinski definition) is 3. The van der Waals surface area contributed by atoms with E-state index in [1.165, 1.54) is 25.3 Å². The van der Waals surface area contributed by atoms with Gasteiger partial charge in [0.15, 0.2) is 5.82 Å². The van der Waals surface area contributed by atoms with E-state index in [0.717, 1.165) is 6.07 Å². The van der Waals surface area contributed by atoms with Crippen LogP contribution in [0.15, 0.2) is 28.9 Å². The highest BCUT2D eigenvalue weighted by atomic mass is 19.1. The van der Waals surface area contributed by atoms with Crippen molar-refractivity contribution >= 4 is 11.7 Å². The summed E-state index contributed by atoms with van der Waals surface area (Å²) in [5, 5.41) is 11.4. The van der Waals surface area contributed by atoms with Crippen molar-refractivity contribution in [3.8, 4) is 0 Å². The Labute approximate surface area is 107 Å². The number of aromatic carboxylic acids is 1. The molecule has 100 valence electrons. The molecule has 2 N–H and O–H groups in total. The third-order valence-electron chi connectivity index (χ3n) is 2.69. The maximum Gasteiger partial charge on any atom is 0.339 e. The van der Waals surface area contributed by atoms with Gasteiger partial charge in [-0.05, 0) is 24.6 Å². The average Bonchev–Trinajstić information content (AvgIpc) is 2.82. The second-order valence-electron chi connectivity index (χ2n) is 3.97. The van der Waals surface area contributed by atoms with Crippen LogP contribution in [0.1, 0.15) is 21.7 Å². The van der Waals surface area contributed by atoms with Crippen LogP contribution >= 0.6 is 0 Å². The summed E-state index contributed by atoms with van der Waals surface area (Å²) in [4.78, 5) is 10.8. The number of anilines is 1. The van der Waals surface area contributed by atoms with E-state index in [-0.39, 0.29) is 23.6 Å².